The van der Waals surface area contributed by atoms with Gasteiger partial charge in [0.2, 0.25) is 5.78 Å². The molecule has 19 heavy (non-hydrogen) atoms. The second-order valence-electron chi connectivity index (χ2n) is 3.93. The van der Waals surface area contributed by atoms with Crippen LogP contribution < -0.4 is 15.2 Å². The molecule has 1 aromatic carbocycles. The number of aryl methyl sites for hydroxylation is 1. The Morgan fingerprint density at radius 3 is 2.26 bits per heavy atom. The van der Waals surface area contributed by atoms with Crippen LogP contribution in [0.4, 0.5) is 5.82 Å². The van der Waals surface area contributed by atoms with Gasteiger partial charge in [0.1, 0.15) is 22.9 Å². The van der Waals surface area contributed by atoms with Gasteiger partial charge in [-0.2, -0.15) is 5.10 Å². The number of nitrogens with two attached hydrogens (primary N) is 1. The van der Waals surface area contributed by atoms with E-state index in [2.05, 4.69) is 5.10 Å². The highest BCUT2D eigenvalue weighted by atomic mass is 16.5. The zero-order valence-corrected chi connectivity index (χ0v) is 11.0. The van der Waals surface area contributed by atoms with Crippen LogP contribution in [0, 0.1) is 0 Å². The van der Waals surface area contributed by atoms with Crippen molar-refractivity contribution in [3.05, 3.63) is 35.5 Å². The summed E-state index contributed by atoms with van der Waals surface area (Å²) in [6.07, 6.45) is 1.43. The number of nitrogens with zero attached hydrogens (tertiary/aromatic N) is 2. The zero-order valence-electron chi connectivity index (χ0n) is 11.0. The molecule has 0 spiro atoms. The van der Waals surface area contributed by atoms with Crippen LogP contribution in [0.25, 0.3) is 0 Å². The number of anilines is 1. The third kappa shape index (κ3) is 2.12. The Morgan fingerprint density at radius 1 is 1.26 bits per heavy atom. The molecule has 0 radical (unpaired) electrons. The predicted octanol–water partition coefficient (Wildman–Crippen LogP) is 1.25. The fourth-order valence-corrected chi connectivity index (χ4v) is 1.83. The number of benzene rings is 1. The Labute approximate surface area is 110 Å². The van der Waals surface area contributed by atoms with Gasteiger partial charge in [-0.25, -0.2) is 0 Å². The smallest absolute Gasteiger partial charge is 0.205 e. The van der Waals surface area contributed by atoms with Gasteiger partial charge in [-0.3, -0.25) is 9.48 Å². The number of hydrogen-bond acceptors (Lipinski definition) is 5. The minimum Gasteiger partial charge on any atom is -0.496 e. The number of ketones is 1. The molecule has 2 rings (SSSR count). The van der Waals surface area contributed by atoms with Gasteiger partial charge in [0.05, 0.1) is 26.0 Å². The minimum absolute atomic E-state index is 0.278. The average Bonchev–Trinajstić information content (AvgIpc) is 2.77. The Balaban J connectivity index is 2.58. The Kier molecular flexibility index (Phi) is 3.41. The van der Waals surface area contributed by atoms with Crippen molar-refractivity contribution < 1.29 is 14.3 Å². The van der Waals surface area contributed by atoms with Crippen LogP contribution in [0.2, 0.25) is 0 Å². The maximum absolute atomic E-state index is 12.5. The summed E-state index contributed by atoms with van der Waals surface area (Å²) >= 11 is 0. The molecule has 0 saturated carbocycles. The first-order valence-corrected chi connectivity index (χ1v) is 5.63. The van der Waals surface area contributed by atoms with Crippen molar-refractivity contribution in [3.8, 4) is 11.5 Å². The van der Waals surface area contributed by atoms with E-state index in [4.69, 9.17) is 15.2 Å². The highest BCUT2D eigenvalue weighted by Gasteiger charge is 2.23. The van der Waals surface area contributed by atoms with Crippen molar-refractivity contribution in [1.29, 1.82) is 0 Å². The van der Waals surface area contributed by atoms with E-state index >= 15 is 0 Å². The van der Waals surface area contributed by atoms with Crippen LogP contribution in [0.15, 0.2) is 24.4 Å². The van der Waals surface area contributed by atoms with Crippen molar-refractivity contribution in [2.75, 3.05) is 20.0 Å². The van der Waals surface area contributed by atoms with E-state index < -0.39 is 0 Å². The van der Waals surface area contributed by atoms with Gasteiger partial charge in [0.25, 0.3) is 0 Å². The number of hydrogen-bond donors (Lipinski definition) is 1. The number of aromatic nitrogens is 2. The van der Waals surface area contributed by atoms with Crippen molar-refractivity contribution in [3.63, 3.8) is 0 Å². The van der Waals surface area contributed by atoms with Crippen LogP contribution in [0.3, 0.4) is 0 Å². The highest BCUT2D eigenvalue weighted by molar-refractivity contribution is 6.14. The molecule has 2 aromatic rings. The molecule has 2 N–H and O–H groups in total. The summed E-state index contributed by atoms with van der Waals surface area (Å²) in [7, 11) is 4.67. The van der Waals surface area contributed by atoms with Crippen molar-refractivity contribution >= 4 is 11.6 Å². The molecule has 1 heterocycles. The molecule has 0 atom stereocenters. The SMILES string of the molecule is COc1cccc(OC)c1C(=O)c1cnn(C)c1N. The summed E-state index contributed by atoms with van der Waals surface area (Å²) in [5, 5.41) is 3.96. The Morgan fingerprint density at radius 2 is 1.84 bits per heavy atom. The van der Waals surface area contributed by atoms with Crippen LogP contribution in [-0.2, 0) is 7.05 Å². The van der Waals surface area contributed by atoms with E-state index in [0.29, 0.717) is 28.4 Å². The normalized spacial score (nSPS) is 10.3. The topological polar surface area (TPSA) is 79.4 Å². The fourth-order valence-electron chi connectivity index (χ4n) is 1.83. The molecule has 6 heteroatoms. The van der Waals surface area contributed by atoms with E-state index in [1.54, 1.807) is 25.2 Å². The summed E-state index contributed by atoms with van der Waals surface area (Å²) in [4.78, 5) is 12.5. The fraction of sp³-hybridized carbons (Fsp3) is 0.231. The molecule has 0 aliphatic carbocycles. The Hall–Kier alpha value is -2.50. The first kappa shape index (κ1) is 12.9. The van der Waals surface area contributed by atoms with E-state index in [1.807, 2.05) is 0 Å². The molecule has 0 aliphatic rings. The summed E-state index contributed by atoms with van der Waals surface area (Å²) in [6, 6.07) is 5.14. The largest absolute Gasteiger partial charge is 0.496 e. The molecule has 0 bridgehead atoms. The molecule has 6 nitrogen and oxygen atoms in total. The first-order chi connectivity index (χ1) is 9.10. The molecule has 0 aliphatic heterocycles. The lowest BCUT2D eigenvalue weighted by Crippen LogP contribution is -2.09. The molecule has 0 fully saturated rings. The molecule has 100 valence electrons. The lowest BCUT2D eigenvalue weighted by Gasteiger charge is -2.11. The van der Waals surface area contributed by atoms with Crippen molar-refractivity contribution in [2.45, 2.75) is 0 Å². The van der Waals surface area contributed by atoms with Gasteiger partial charge in [-0.05, 0) is 12.1 Å². The maximum atomic E-state index is 12.5. The van der Waals surface area contributed by atoms with E-state index in [9.17, 15) is 4.79 Å². The number of carbonyl (C=O) groups is 1. The second-order valence-corrected chi connectivity index (χ2v) is 3.93. The second kappa shape index (κ2) is 5.01. The summed E-state index contributed by atoms with van der Waals surface area (Å²) in [5.41, 5.74) is 6.49. The lowest BCUT2D eigenvalue weighted by atomic mass is 10.0. The number of carbonyl (C=O) groups excluding carboxylic acids is 1. The van der Waals surface area contributed by atoms with E-state index in [1.165, 1.54) is 25.1 Å². The third-order valence-corrected chi connectivity index (χ3v) is 2.88. The first-order valence-electron chi connectivity index (χ1n) is 5.63. The van der Waals surface area contributed by atoms with Crippen molar-refractivity contribution in [2.24, 2.45) is 7.05 Å². The van der Waals surface area contributed by atoms with Crippen LogP contribution in [0.5, 0.6) is 11.5 Å². The number of ether oxygens (including phenoxy) is 2. The van der Waals surface area contributed by atoms with Gasteiger partial charge in [0.15, 0.2) is 0 Å². The zero-order chi connectivity index (χ0) is 14.0. The third-order valence-electron chi connectivity index (χ3n) is 2.88. The molecular formula is C13H15N3O3. The molecule has 0 saturated heterocycles. The number of methoxy groups -OCH3 is 2. The summed E-state index contributed by atoms with van der Waals surface area (Å²) in [5.74, 6) is 0.901. The van der Waals surface area contributed by atoms with Gasteiger partial charge in [0, 0.05) is 7.05 Å². The Bertz CT molecular complexity index is 597. The average molecular weight is 261 g/mol. The quantitative estimate of drug-likeness (QED) is 0.838. The van der Waals surface area contributed by atoms with Gasteiger partial charge in [-0.1, -0.05) is 6.07 Å². The standard InChI is InChI=1S/C13H15N3O3/c1-16-13(14)8(7-15-16)12(17)11-9(18-2)5-4-6-10(11)19-3/h4-7H,14H2,1-3H3. The predicted molar refractivity (Wildman–Crippen MR) is 70.6 cm³/mol. The molecule has 1 aromatic heterocycles. The van der Waals surface area contributed by atoms with Crippen LogP contribution in [-0.4, -0.2) is 29.8 Å². The van der Waals surface area contributed by atoms with Crippen LogP contribution in [0.1, 0.15) is 15.9 Å². The van der Waals surface area contributed by atoms with E-state index in [-0.39, 0.29) is 5.78 Å². The molecule has 0 unspecified atom stereocenters. The molecular weight excluding hydrogens is 246 g/mol. The summed E-state index contributed by atoms with van der Waals surface area (Å²) < 4.78 is 11.9. The van der Waals surface area contributed by atoms with Gasteiger partial charge in [-0.15, -0.1) is 0 Å². The van der Waals surface area contributed by atoms with Crippen LogP contribution >= 0.6 is 0 Å². The highest BCUT2D eigenvalue weighted by Crippen LogP contribution is 2.31. The molecule has 0 amide bonds. The monoisotopic (exact) mass is 261 g/mol. The van der Waals surface area contributed by atoms with Gasteiger partial charge >= 0.3 is 0 Å². The van der Waals surface area contributed by atoms with Gasteiger partial charge < -0.3 is 15.2 Å². The number of rotatable bonds is 4. The minimum atomic E-state index is -0.278. The maximum Gasteiger partial charge on any atom is 0.205 e. The number of nitrogen functional groups attached to an aromatic ring is 1. The van der Waals surface area contributed by atoms with Crippen molar-refractivity contribution in [1.82, 2.24) is 9.78 Å². The summed E-state index contributed by atoms with van der Waals surface area (Å²) in [6.45, 7) is 0. The lowest BCUT2D eigenvalue weighted by molar-refractivity contribution is 0.103. The van der Waals surface area contributed by atoms with E-state index in [0.717, 1.165) is 0 Å².